The van der Waals surface area contributed by atoms with Gasteiger partial charge in [0.25, 0.3) is 0 Å². The summed E-state index contributed by atoms with van der Waals surface area (Å²) >= 11 is 0. The summed E-state index contributed by atoms with van der Waals surface area (Å²) in [6, 6.07) is 10.0. The topological polar surface area (TPSA) is 41.5 Å². The van der Waals surface area contributed by atoms with Gasteiger partial charge in [0.1, 0.15) is 0 Å². The molecule has 3 atom stereocenters. The van der Waals surface area contributed by atoms with Crippen LogP contribution in [0, 0.1) is 17.3 Å². The zero-order valence-electron chi connectivity index (χ0n) is 12.5. The van der Waals surface area contributed by atoms with E-state index in [0.29, 0.717) is 5.92 Å². The largest absolute Gasteiger partial charge is 0.273 e. The van der Waals surface area contributed by atoms with E-state index >= 15 is 0 Å². The SMILES string of the molecule is C[C@@]12CCCC[C@H]1[C@@H]2C(=O)N/N=C\C=C\c1ccccc1. The molecule has 110 valence electrons. The molecule has 0 heterocycles. The zero-order valence-corrected chi connectivity index (χ0v) is 12.5. The van der Waals surface area contributed by atoms with Crippen molar-refractivity contribution in [2.75, 3.05) is 0 Å². The first-order chi connectivity index (χ1) is 10.2. The Kier molecular flexibility index (Phi) is 3.91. The van der Waals surface area contributed by atoms with Gasteiger partial charge in [0.05, 0.1) is 0 Å². The van der Waals surface area contributed by atoms with E-state index in [9.17, 15) is 4.79 Å². The van der Waals surface area contributed by atoms with Gasteiger partial charge in [0.2, 0.25) is 5.91 Å². The predicted molar refractivity (Wildman–Crippen MR) is 85.7 cm³/mol. The van der Waals surface area contributed by atoms with Crippen LogP contribution in [0.1, 0.15) is 38.2 Å². The molecule has 2 fully saturated rings. The van der Waals surface area contributed by atoms with Crippen molar-refractivity contribution in [2.45, 2.75) is 32.6 Å². The Morgan fingerprint density at radius 3 is 2.86 bits per heavy atom. The van der Waals surface area contributed by atoms with Crippen LogP contribution in [0.4, 0.5) is 0 Å². The van der Waals surface area contributed by atoms with Crippen LogP contribution in [0.2, 0.25) is 0 Å². The number of carbonyl (C=O) groups excluding carboxylic acids is 1. The van der Waals surface area contributed by atoms with Crippen molar-refractivity contribution in [3.05, 3.63) is 42.0 Å². The Balaban J connectivity index is 1.48. The second-order valence-corrected chi connectivity index (χ2v) is 6.36. The molecule has 21 heavy (non-hydrogen) atoms. The molecule has 2 saturated carbocycles. The maximum absolute atomic E-state index is 12.2. The molecule has 1 aromatic carbocycles. The molecule has 1 amide bonds. The molecule has 0 aliphatic heterocycles. The number of benzene rings is 1. The number of hydrogen-bond acceptors (Lipinski definition) is 2. The second kappa shape index (κ2) is 5.84. The third-order valence-corrected chi connectivity index (χ3v) is 5.04. The normalized spacial score (nSPS) is 31.3. The number of hydrogen-bond donors (Lipinski definition) is 1. The minimum absolute atomic E-state index is 0.0914. The summed E-state index contributed by atoms with van der Waals surface area (Å²) in [7, 11) is 0. The summed E-state index contributed by atoms with van der Waals surface area (Å²) in [6.45, 7) is 2.25. The first-order valence-electron chi connectivity index (χ1n) is 7.76. The molecule has 0 saturated heterocycles. The van der Waals surface area contributed by atoms with Crippen molar-refractivity contribution < 1.29 is 4.79 Å². The van der Waals surface area contributed by atoms with Crippen LogP contribution >= 0.6 is 0 Å². The fourth-order valence-electron chi connectivity index (χ4n) is 3.78. The lowest BCUT2D eigenvalue weighted by Gasteiger charge is -2.15. The number of nitrogens with one attached hydrogen (secondary N) is 1. The average Bonchev–Trinajstić information content (AvgIpc) is 3.13. The van der Waals surface area contributed by atoms with Gasteiger partial charge in [-0.15, -0.1) is 0 Å². The lowest BCUT2D eigenvalue weighted by Crippen LogP contribution is -2.22. The quantitative estimate of drug-likeness (QED) is 0.665. The van der Waals surface area contributed by atoms with Crippen LogP contribution in [0.15, 0.2) is 41.5 Å². The van der Waals surface area contributed by atoms with Gasteiger partial charge in [-0.1, -0.05) is 56.2 Å². The highest BCUT2D eigenvalue weighted by Crippen LogP contribution is 2.66. The molecule has 3 rings (SSSR count). The number of carbonyl (C=O) groups is 1. The van der Waals surface area contributed by atoms with Gasteiger partial charge in [-0.05, 0) is 35.8 Å². The molecule has 0 radical (unpaired) electrons. The van der Waals surface area contributed by atoms with Crippen molar-refractivity contribution in [2.24, 2.45) is 22.4 Å². The fourth-order valence-corrected chi connectivity index (χ4v) is 3.78. The first kappa shape index (κ1) is 14.1. The Bertz CT molecular complexity index is 564. The molecule has 0 aromatic heterocycles. The molecule has 3 nitrogen and oxygen atoms in total. The van der Waals surface area contributed by atoms with E-state index in [2.05, 4.69) is 17.5 Å². The van der Waals surface area contributed by atoms with E-state index in [1.54, 1.807) is 6.21 Å². The van der Waals surface area contributed by atoms with Crippen LogP contribution in [-0.2, 0) is 4.79 Å². The molecule has 2 aliphatic rings. The third kappa shape index (κ3) is 2.92. The van der Waals surface area contributed by atoms with Gasteiger partial charge >= 0.3 is 0 Å². The monoisotopic (exact) mass is 282 g/mol. The summed E-state index contributed by atoms with van der Waals surface area (Å²) in [5.41, 5.74) is 4.06. The van der Waals surface area contributed by atoms with Crippen LogP contribution in [-0.4, -0.2) is 12.1 Å². The Labute approximate surface area is 126 Å². The number of allylic oxidation sites excluding steroid dienone is 1. The minimum atomic E-state index is 0.0914. The van der Waals surface area contributed by atoms with Crippen molar-refractivity contribution in [1.82, 2.24) is 5.43 Å². The molecule has 0 bridgehead atoms. The number of fused-ring (bicyclic) bond motifs is 1. The number of amides is 1. The van der Waals surface area contributed by atoms with Gasteiger partial charge in [0.15, 0.2) is 0 Å². The summed E-state index contributed by atoms with van der Waals surface area (Å²) in [5.74, 6) is 0.852. The maximum Gasteiger partial charge on any atom is 0.244 e. The molecule has 1 N–H and O–H groups in total. The lowest BCUT2D eigenvalue weighted by atomic mass is 9.90. The van der Waals surface area contributed by atoms with Crippen LogP contribution in [0.3, 0.4) is 0 Å². The Morgan fingerprint density at radius 1 is 1.33 bits per heavy atom. The van der Waals surface area contributed by atoms with Gasteiger partial charge < -0.3 is 0 Å². The summed E-state index contributed by atoms with van der Waals surface area (Å²) < 4.78 is 0. The van der Waals surface area contributed by atoms with E-state index in [4.69, 9.17) is 0 Å². The summed E-state index contributed by atoms with van der Waals surface area (Å²) in [6.07, 6.45) is 10.4. The molecule has 0 unspecified atom stereocenters. The predicted octanol–water partition coefficient (Wildman–Crippen LogP) is 3.63. The van der Waals surface area contributed by atoms with Crippen LogP contribution < -0.4 is 5.43 Å². The second-order valence-electron chi connectivity index (χ2n) is 6.36. The van der Waals surface area contributed by atoms with E-state index in [-0.39, 0.29) is 17.2 Å². The Hall–Kier alpha value is -1.90. The van der Waals surface area contributed by atoms with Crippen LogP contribution in [0.25, 0.3) is 6.08 Å². The molecular weight excluding hydrogens is 260 g/mol. The molecule has 0 spiro atoms. The molecule has 3 heteroatoms. The van der Waals surface area contributed by atoms with Crippen molar-refractivity contribution in [3.63, 3.8) is 0 Å². The smallest absolute Gasteiger partial charge is 0.244 e. The van der Waals surface area contributed by atoms with E-state index in [1.807, 2.05) is 42.5 Å². The zero-order chi connectivity index (χ0) is 14.7. The summed E-state index contributed by atoms with van der Waals surface area (Å²) in [4.78, 5) is 12.2. The average molecular weight is 282 g/mol. The van der Waals surface area contributed by atoms with Crippen molar-refractivity contribution in [3.8, 4) is 0 Å². The minimum Gasteiger partial charge on any atom is -0.273 e. The van der Waals surface area contributed by atoms with Crippen molar-refractivity contribution >= 4 is 18.2 Å². The standard InChI is InChI=1S/C18H22N2O/c1-18-12-6-5-11-15(18)16(18)17(21)20-19-13-7-10-14-8-3-2-4-9-14/h2-4,7-10,13,15-16H,5-6,11-12H2,1H3,(H,20,21)/b10-7+,19-13-/t15-,16+,18+/m0/s1. The Morgan fingerprint density at radius 2 is 2.14 bits per heavy atom. The van der Waals surface area contributed by atoms with Gasteiger partial charge in [-0.2, -0.15) is 5.10 Å². The number of rotatable bonds is 4. The van der Waals surface area contributed by atoms with Crippen LogP contribution in [0.5, 0.6) is 0 Å². The highest BCUT2D eigenvalue weighted by Gasteiger charge is 2.64. The summed E-state index contributed by atoms with van der Waals surface area (Å²) in [5, 5.41) is 4.03. The lowest BCUT2D eigenvalue weighted by molar-refractivity contribution is -0.123. The number of hydrazone groups is 1. The van der Waals surface area contributed by atoms with E-state index < -0.39 is 0 Å². The highest BCUT2D eigenvalue weighted by molar-refractivity contribution is 5.85. The fraction of sp³-hybridized carbons (Fsp3) is 0.444. The molecule has 1 aromatic rings. The molecular formula is C18H22N2O. The first-order valence-corrected chi connectivity index (χ1v) is 7.76. The molecule has 2 aliphatic carbocycles. The third-order valence-electron chi connectivity index (χ3n) is 5.04. The van der Waals surface area contributed by atoms with E-state index in [0.717, 1.165) is 5.56 Å². The number of nitrogens with zero attached hydrogens (tertiary/aromatic N) is 1. The van der Waals surface area contributed by atoms with Crippen molar-refractivity contribution in [1.29, 1.82) is 0 Å². The van der Waals surface area contributed by atoms with Gasteiger partial charge in [-0.25, -0.2) is 5.43 Å². The van der Waals surface area contributed by atoms with Gasteiger partial charge in [-0.3, -0.25) is 4.79 Å². The highest BCUT2D eigenvalue weighted by atomic mass is 16.2. The van der Waals surface area contributed by atoms with E-state index in [1.165, 1.54) is 25.7 Å². The van der Waals surface area contributed by atoms with Gasteiger partial charge in [0, 0.05) is 12.1 Å². The maximum atomic E-state index is 12.2.